The monoisotopic (exact) mass is 375 g/mol. The summed E-state index contributed by atoms with van der Waals surface area (Å²) in [6.45, 7) is 6.87. The van der Waals surface area contributed by atoms with Gasteiger partial charge in [-0.05, 0) is 50.3 Å². The van der Waals surface area contributed by atoms with Crippen molar-refractivity contribution < 1.29 is 13.2 Å². The minimum Gasteiger partial charge on any atom is -0.353 e. The van der Waals surface area contributed by atoms with Gasteiger partial charge < -0.3 is 10.3 Å². The average molecular weight is 375 g/mol. The predicted octanol–water partition coefficient (Wildman–Crippen LogP) is 2.65. The van der Waals surface area contributed by atoms with Gasteiger partial charge in [0.25, 0.3) is 5.91 Å². The Hall–Kier alpha value is -2.12. The van der Waals surface area contributed by atoms with Gasteiger partial charge in [0.1, 0.15) is 10.6 Å². The molecule has 26 heavy (non-hydrogen) atoms. The van der Waals surface area contributed by atoms with E-state index in [4.69, 9.17) is 0 Å². The molecule has 1 aliphatic heterocycles. The Morgan fingerprint density at radius 3 is 2.46 bits per heavy atom. The highest BCUT2D eigenvalue weighted by atomic mass is 32.2. The Balaban J connectivity index is 1.83. The first-order chi connectivity index (χ1) is 12.3. The molecule has 2 heterocycles. The first-order valence-corrected chi connectivity index (χ1v) is 10.3. The second-order valence-corrected chi connectivity index (χ2v) is 8.67. The number of carbonyl (C=O) groups is 1. The van der Waals surface area contributed by atoms with E-state index < -0.39 is 10.0 Å². The van der Waals surface area contributed by atoms with E-state index in [1.807, 2.05) is 31.2 Å². The summed E-state index contributed by atoms with van der Waals surface area (Å²) in [5.74, 6) is -0.295. The van der Waals surface area contributed by atoms with E-state index in [0.29, 0.717) is 36.6 Å². The fourth-order valence-corrected chi connectivity index (χ4v) is 5.40. The molecule has 0 aliphatic carbocycles. The minimum absolute atomic E-state index is 0.237. The molecule has 0 unspecified atom stereocenters. The number of hydrogen-bond acceptors (Lipinski definition) is 3. The van der Waals surface area contributed by atoms with Crippen molar-refractivity contribution >= 4 is 15.9 Å². The largest absolute Gasteiger partial charge is 0.353 e. The molecule has 0 saturated carbocycles. The molecular weight excluding hydrogens is 350 g/mol. The van der Waals surface area contributed by atoms with Gasteiger partial charge in [0.05, 0.1) is 0 Å². The smallest absolute Gasteiger partial charge is 0.268 e. The topological polar surface area (TPSA) is 82.3 Å². The number of aromatic nitrogens is 1. The second-order valence-electron chi connectivity index (χ2n) is 6.80. The summed E-state index contributed by atoms with van der Waals surface area (Å²) < 4.78 is 27.3. The summed E-state index contributed by atoms with van der Waals surface area (Å²) in [5.41, 5.74) is 3.44. The van der Waals surface area contributed by atoms with Crippen molar-refractivity contribution in [2.75, 3.05) is 13.1 Å². The Bertz CT molecular complexity index is 926. The van der Waals surface area contributed by atoms with Crippen LogP contribution in [0.25, 0.3) is 0 Å². The van der Waals surface area contributed by atoms with Crippen molar-refractivity contribution in [1.29, 1.82) is 0 Å². The molecule has 0 radical (unpaired) electrons. The maximum Gasteiger partial charge on any atom is 0.268 e. The van der Waals surface area contributed by atoms with E-state index in [1.165, 1.54) is 4.31 Å². The lowest BCUT2D eigenvalue weighted by Gasteiger charge is -2.16. The zero-order chi connectivity index (χ0) is 18.9. The molecular formula is C19H25N3O3S. The molecule has 0 bridgehead atoms. The first kappa shape index (κ1) is 18.7. The molecule has 2 N–H and O–H groups in total. The zero-order valence-corrected chi connectivity index (χ0v) is 16.2. The standard InChI is InChI=1S/C19H25N3O3S/c1-13-8-4-5-9-16(13)12-20-19(23)17-14(2)18(15(3)21-17)26(24,25)22-10-6-7-11-22/h4-5,8-9,21H,6-7,10-12H2,1-3H3,(H,20,23). The molecule has 140 valence electrons. The van der Waals surface area contributed by atoms with Gasteiger partial charge >= 0.3 is 0 Å². The van der Waals surface area contributed by atoms with Crippen LogP contribution in [-0.4, -0.2) is 36.7 Å². The fraction of sp³-hybridized carbons (Fsp3) is 0.421. The van der Waals surface area contributed by atoms with Crippen molar-refractivity contribution in [2.45, 2.75) is 45.1 Å². The third-order valence-corrected chi connectivity index (χ3v) is 7.13. The molecule has 0 atom stereocenters. The van der Waals surface area contributed by atoms with E-state index in [0.717, 1.165) is 24.0 Å². The first-order valence-electron chi connectivity index (χ1n) is 8.84. The van der Waals surface area contributed by atoms with Gasteiger partial charge in [0, 0.05) is 25.3 Å². The van der Waals surface area contributed by atoms with Gasteiger partial charge in [-0.1, -0.05) is 24.3 Å². The third kappa shape index (κ3) is 3.41. The highest BCUT2D eigenvalue weighted by Crippen LogP contribution is 2.28. The van der Waals surface area contributed by atoms with Gasteiger partial charge in [0.15, 0.2) is 0 Å². The molecule has 3 rings (SSSR count). The number of H-pyrrole nitrogens is 1. The fourth-order valence-electron chi connectivity index (χ4n) is 3.48. The number of hydrogen-bond donors (Lipinski definition) is 2. The number of benzene rings is 1. The normalized spacial score (nSPS) is 15.3. The van der Waals surface area contributed by atoms with Crippen LogP contribution in [0.2, 0.25) is 0 Å². The van der Waals surface area contributed by atoms with Crippen LogP contribution in [0.1, 0.15) is 45.7 Å². The van der Waals surface area contributed by atoms with Gasteiger partial charge in [-0.15, -0.1) is 0 Å². The molecule has 6 nitrogen and oxygen atoms in total. The number of rotatable bonds is 5. The van der Waals surface area contributed by atoms with E-state index in [2.05, 4.69) is 10.3 Å². The summed E-state index contributed by atoms with van der Waals surface area (Å²) in [6.07, 6.45) is 1.76. The van der Waals surface area contributed by atoms with Crippen molar-refractivity contribution in [3.63, 3.8) is 0 Å². The van der Waals surface area contributed by atoms with Gasteiger partial charge in [0.2, 0.25) is 10.0 Å². The lowest BCUT2D eigenvalue weighted by Crippen LogP contribution is -2.29. The molecule has 1 saturated heterocycles. The van der Waals surface area contributed by atoms with Gasteiger partial charge in [-0.25, -0.2) is 8.42 Å². The van der Waals surface area contributed by atoms with Crippen LogP contribution in [0.15, 0.2) is 29.2 Å². The van der Waals surface area contributed by atoms with E-state index in [9.17, 15) is 13.2 Å². The molecule has 1 aromatic carbocycles. The van der Waals surface area contributed by atoms with E-state index in [-0.39, 0.29) is 10.8 Å². The summed E-state index contributed by atoms with van der Waals surface area (Å²) in [7, 11) is -3.56. The second kappa shape index (κ2) is 7.25. The lowest BCUT2D eigenvalue weighted by molar-refractivity contribution is 0.0945. The van der Waals surface area contributed by atoms with Crippen LogP contribution in [0.5, 0.6) is 0 Å². The van der Waals surface area contributed by atoms with Crippen molar-refractivity contribution in [3.8, 4) is 0 Å². The third-order valence-electron chi connectivity index (χ3n) is 4.96. The number of aromatic amines is 1. The predicted molar refractivity (Wildman–Crippen MR) is 101 cm³/mol. The number of sulfonamides is 1. The molecule has 1 aromatic heterocycles. The quantitative estimate of drug-likeness (QED) is 0.843. The highest BCUT2D eigenvalue weighted by molar-refractivity contribution is 7.89. The van der Waals surface area contributed by atoms with E-state index >= 15 is 0 Å². The van der Waals surface area contributed by atoms with Crippen LogP contribution in [-0.2, 0) is 16.6 Å². The van der Waals surface area contributed by atoms with Crippen LogP contribution in [0.3, 0.4) is 0 Å². The molecule has 1 amide bonds. The zero-order valence-electron chi connectivity index (χ0n) is 15.4. The average Bonchev–Trinajstić information content (AvgIpc) is 3.22. The van der Waals surface area contributed by atoms with Crippen molar-refractivity contribution in [2.24, 2.45) is 0 Å². The van der Waals surface area contributed by atoms with Crippen molar-refractivity contribution in [1.82, 2.24) is 14.6 Å². The number of aryl methyl sites for hydroxylation is 2. The van der Waals surface area contributed by atoms with Crippen LogP contribution >= 0.6 is 0 Å². The molecule has 1 fully saturated rings. The summed E-state index contributed by atoms with van der Waals surface area (Å²) in [4.78, 5) is 15.8. The number of nitrogens with zero attached hydrogens (tertiary/aromatic N) is 1. The van der Waals surface area contributed by atoms with Gasteiger partial charge in [-0.2, -0.15) is 4.31 Å². The number of nitrogens with one attached hydrogen (secondary N) is 2. The van der Waals surface area contributed by atoms with Gasteiger partial charge in [-0.3, -0.25) is 4.79 Å². The van der Waals surface area contributed by atoms with Crippen LogP contribution in [0, 0.1) is 20.8 Å². The molecule has 2 aromatic rings. The SMILES string of the molecule is Cc1ccccc1CNC(=O)c1[nH]c(C)c(S(=O)(=O)N2CCCC2)c1C. The minimum atomic E-state index is -3.56. The lowest BCUT2D eigenvalue weighted by atomic mass is 10.1. The Kier molecular flexibility index (Phi) is 5.20. The van der Waals surface area contributed by atoms with Crippen LogP contribution in [0.4, 0.5) is 0 Å². The summed E-state index contributed by atoms with van der Waals surface area (Å²) in [5, 5.41) is 2.88. The molecule has 1 aliphatic rings. The Labute approximate surface area is 154 Å². The number of amides is 1. The maximum atomic E-state index is 12.9. The summed E-state index contributed by atoms with van der Waals surface area (Å²) >= 11 is 0. The van der Waals surface area contributed by atoms with Crippen molar-refractivity contribution in [3.05, 3.63) is 52.3 Å². The molecule has 0 spiro atoms. The summed E-state index contributed by atoms with van der Waals surface area (Å²) in [6, 6.07) is 7.84. The highest BCUT2D eigenvalue weighted by Gasteiger charge is 2.33. The molecule has 7 heteroatoms. The van der Waals surface area contributed by atoms with Crippen LogP contribution < -0.4 is 5.32 Å². The van der Waals surface area contributed by atoms with E-state index in [1.54, 1.807) is 13.8 Å². The Morgan fingerprint density at radius 2 is 1.81 bits per heavy atom. The Morgan fingerprint density at radius 1 is 1.15 bits per heavy atom. The number of carbonyl (C=O) groups excluding carboxylic acids is 1. The maximum absolute atomic E-state index is 12.9.